The van der Waals surface area contributed by atoms with Crippen molar-refractivity contribution in [3.05, 3.63) is 0 Å². The Labute approximate surface area is 240 Å². The normalized spacial score (nSPS) is 14.2. The number of carbonyl (C=O) groups excluding carboxylic acids is 1. The largest absolute Gasteiger partial charge is 0.472 e. The SMILES string of the molecule is CCCCCCCCCCCCCCCCCCNC(=O)NCC(COP(=O)(O)OCC[N+](C)(C)C)OCC. The topological polar surface area (TPSA) is 106 Å². The zero-order valence-electron chi connectivity index (χ0n) is 26.0. The molecule has 0 aromatic heterocycles. The molecule has 2 atom stereocenters. The van der Waals surface area contributed by atoms with E-state index in [-0.39, 0.29) is 25.8 Å². The smallest absolute Gasteiger partial charge is 0.374 e. The van der Waals surface area contributed by atoms with Crippen molar-refractivity contribution in [3.63, 3.8) is 0 Å². The van der Waals surface area contributed by atoms with Crippen LogP contribution in [-0.2, 0) is 18.3 Å². The second-order valence-corrected chi connectivity index (χ2v) is 13.1. The van der Waals surface area contributed by atoms with Crippen LogP contribution in [0.15, 0.2) is 0 Å². The van der Waals surface area contributed by atoms with Gasteiger partial charge in [0, 0.05) is 19.7 Å². The Balaban J connectivity index is 3.69. The summed E-state index contributed by atoms with van der Waals surface area (Å²) in [5.41, 5.74) is 0. The minimum absolute atomic E-state index is 0.108. The average molecular weight is 581 g/mol. The van der Waals surface area contributed by atoms with Crippen LogP contribution in [0.4, 0.5) is 4.79 Å². The van der Waals surface area contributed by atoms with E-state index in [1.165, 1.54) is 89.9 Å². The van der Waals surface area contributed by atoms with Crippen LogP contribution in [0.5, 0.6) is 0 Å². The zero-order valence-corrected chi connectivity index (χ0v) is 26.9. The van der Waals surface area contributed by atoms with Gasteiger partial charge in [-0.1, -0.05) is 103 Å². The highest BCUT2D eigenvalue weighted by molar-refractivity contribution is 7.47. The Morgan fingerprint density at radius 3 is 1.72 bits per heavy atom. The van der Waals surface area contributed by atoms with Crippen LogP contribution in [-0.4, -0.2) is 82.1 Å². The number of nitrogens with zero attached hydrogens (tertiary/aromatic N) is 1. The molecule has 0 saturated heterocycles. The Morgan fingerprint density at radius 1 is 0.769 bits per heavy atom. The Morgan fingerprint density at radius 2 is 1.26 bits per heavy atom. The first-order valence-corrected chi connectivity index (χ1v) is 17.1. The summed E-state index contributed by atoms with van der Waals surface area (Å²) in [6.07, 6.45) is 20.6. The fraction of sp³-hybridized carbons (Fsp3) is 0.966. The van der Waals surface area contributed by atoms with E-state index in [0.717, 1.165) is 12.8 Å². The molecular weight excluding hydrogens is 517 g/mol. The van der Waals surface area contributed by atoms with Gasteiger partial charge in [-0.3, -0.25) is 9.05 Å². The van der Waals surface area contributed by atoms with E-state index >= 15 is 0 Å². The maximum absolute atomic E-state index is 12.1. The molecule has 0 heterocycles. The number of ether oxygens (including phenoxy) is 1. The van der Waals surface area contributed by atoms with E-state index in [0.29, 0.717) is 24.2 Å². The second-order valence-electron chi connectivity index (χ2n) is 11.6. The van der Waals surface area contributed by atoms with Crippen molar-refractivity contribution < 1.29 is 32.5 Å². The standard InChI is InChI=1S/C29H62N3O6P/c1-6-8-9-10-11-12-13-14-15-16-17-18-19-20-21-22-23-30-29(33)31-26-28(36-7-2)27-38-39(34,35)37-25-24-32(3,4)5/h28H,6-27H2,1-5H3,(H2-,30,31,33,34,35)/p+1. The van der Waals surface area contributed by atoms with Crippen molar-refractivity contribution in [2.75, 3.05) is 60.6 Å². The second kappa shape index (κ2) is 25.0. The van der Waals surface area contributed by atoms with Crippen molar-refractivity contribution >= 4 is 13.9 Å². The molecule has 0 rings (SSSR count). The molecule has 39 heavy (non-hydrogen) atoms. The van der Waals surface area contributed by atoms with Crippen molar-refractivity contribution in [1.82, 2.24) is 10.6 Å². The third-order valence-electron chi connectivity index (χ3n) is 6.65. The molecule has 0 saturated carbocycles. The number of amides is 2. The number of hydrogen-bond donors (Lipinski definition) is 3. The van der Waals surface area contributed by atoms with Crippen molar-refractivity contribution in [1.29, 1.82) is 0 Å². The minimum Gasteiger partial charge on any atom is -0.374 e. The maximum Gasteiger partial charge on any atom is 0.472 e. The number of likely N-dealkylation sites (N-methyl/N-ethyl adjacent to an activating group) is 1. The molecule has 9 nitrogen and oxygen atoms in total. The van der Waals surface area contributed by atoms with Crippen molar-refractivity contribution in [3.8, 4) is 0 Å². The van der Waals surface area contributed by atoms with Gasteiger partial charge >= 0.3 is 13.9 Å². The molecular formula is C29H63N3O6P+. The van der Waals surface area contributed by atoms with Crippen LogP contribution < -0.4 is 10.6 Å². The molecule has 0 fully saturated rings. The van der Waals surface area contributed by atoms with Gasteiger partial charge in [-0.2, -0.15) is 0 Å². The number of quaternary nitrogens is 1. The Kier molecular flexibility index (Phi) is 24.6. The number of unbranched alkanes of at least 4 members (excludes halogenated alkanes) is 15. The van der Waals surface area contributed by atoms with Crippen molar-refractivity contribution in [2.45, 2.75) is 123 Å². The van der Waals surface area contributed by atoms with Crippen LogP contribution in [0.25, 0.3) is 0 Å². The molecule has 0 bridgehead atoms. The third kappa shape index (κ3) is 28.6. The Bertz CT molecular complexity index is 618. The van der Waals surface area contributed by atoms with E-state index in [2.05, 4.69) is 17.6 Å². The highest BCUT2D eigenvalue weighted by Gasteiger charge is 2.25. The Hall–Kier alpha value is -0.700. The first kappa shape index (κ1) is 38.3. The summed E-state index contributed by atoms with van der Waals surface area (Å²) >= 11 is 0. The molecule has 0 aliphatic carbocycles. The molecule has 0 aliphatic heterocycles. The lowest BCUT2D eigenvalue weighted by Crippen LogP contribution is -2.42. The van der Waals surface area contributed by atoms with Gasteiger partial charge in [0.1, 0.15) is 13.2 Å². The summed E-state index contributed by atoms with van der Waals surface area (Å²) in [7, 11) is 1.73. The lowest BCUT2D eigenvalue weighted by molar-refractivity contribution is -0.870. The molecule has 2 amide bonds. The highest BCUT2D eigenvalue weighted by atomic mass is 31.2. The summed E-state index contributed by atoms with van der Waals surface area (Å²) < 4.78 is 28.3. The van der Waals surface area contributed by atoms with Crippen LogP contribution in [0.1, 0.15) is 117 Å². The van der Waals surface area contributed by atoms with Gasteiger partial charge in [0.15, 0.2) is 0 Å². The van der Waals surface area contributed by atoms with Crippen LogP contribution >= 0.6 is 7.82 Å². The van der Waals surface area contributed by atoms with Gasteiger partial charge in [0.2, 0.25) is 0 Å². The predicted molar refractivity (Wildman–Crippen MR) is 161 cm³/mol. The first-order valence-electron chi connectivity index (χ1n) is 15.6. The lowest BCUT2D eigenvalue weighted by Gasteiger charge is -2.24. The fourth-order valence-corrected chi connectivity index (χ4v) is 4.93. The van der Waals surface area contributed by atoms with E-state index < -0.39 is 13.9 Å². The lowest BCUT2D eigenvalue weighted by atomic mass is 10.0. The molecule has 3 N–H and O–H groups in total. The summed E-state index contributed by atoms with van der Waals surface area (Å²) in [6.45, 7) is 5.83. The van der Waals surface area contributed by atoms with Gasteiger partial charge in [0.05, 0.1) is 33.9 Å². The summed E-state index contributed by atoms with van der Waals surface area (Å²) in [5, 5.41) is 5.62. The molecule has 0 aromatic rings. The van der Waals surface area contributed by atoms with Crippen LogP contribution in [0.3, 0.4) is 0 Å². The number of nitrogens with one attached hydrogen (secondary N) is 2. The van der Waals surface area contributed by atoms with E-state index in [1.54, 1.807) is 0 Å². The van der Waals surface area contributed by atoms with Crippen LogP contribution in [0.2, 0.25) is 0 Å². The van der Waals surface area contributed by atoms with Crippen LogP contribution in [0, 0.1) is 0 Å². The van der Waals surface area contributed by atoms with Gasteiger partial charge in [-0.05, 0) is 13.3 Å². The number of urea groups is 1. The van der Waals surface area contributed by atoms with Gasteiger partial charge in [0.25, 0.3) is 0 Å². The van der Waals surface area contributed by atoms with Gasteiger partial charge in [-0.25, -0.2) is 9.36 Å². The quantitative estimate of drug-likeness (QED) is 0.0534. The predicted octanol–water partition coefficient (Wildman–Crippen LogP) is 6.79. The molecule has 0 radical (unpaired) electrons. The summed E-state index contributed by atoms with van der Waals surface area (Å²) in [5.74, 6) is 0. The zero-order chi connectivity index (χ0) is 29.2. The van der Waals surface area contributed by atoms with E-state index in [1.807, 2.05) is 28.1 Å². The monoisotopic (exact) mass is 580 g/mol. The molecule has 10 heteroatoms. The number of rotatable bonds is 28. The van der Waals surface area contributed by atoms with Crippen molar-refractivity contribution in [2.24, 2.45) is 0 Å². The van der Waals surface area contributed by atoms with Gasteiger partial charge < -0.3 is 24.7 Å². The summed E-state index contributed by atoms with van der Waals surface area (Å²) in [6, 6.07) is -0.271. The van der Waals surface area contributed by atoms with E-state index in [9.17, 15) is 14.3 Å². The fourth-order valence-electron chi connectivity index (χ4n) is 4.19. The molecule has 0 aliphatic rings. The number of phosphoric ester groups is 1. The molecule has 2 unspecified atom stereocenters. The highest BCUT2D eigenvalue weighted by Crippen LogP contribution is 2.43. The minimum atomic E-state index is -4.17. The third-order valence-corrected chi connectivity index (χ3v) is 7.63. The van der Waals surface area contributed by atoms with E-state index in [4.69, 9.17) is 13.8 Å². The first-order chi connectivity index (χ1) is 18.6. The number of phosphoric acid groups is 1. The number of carbonyl (C=O) groups is 1. The van der Waals surface area contributed by atoms with Gasteiger partial charge in [-0.15, -0.1) is 0 Å². The molecule has 0 aromatic carbocycles. The molecule has 0 spiro atoms. The average Bonchev–Trinajstić information content (AvgIpc) is 2.86. The number of hydrogen-bond acceptors (Lipinski definition) is 5. The molecule has 234 valence electrons. The maximum atomic E-state index is 12.1. The summed E-state index contributed by atoms with van der Waals surface area (Å²) in [4.78, 5) is 22.0.